The van der Waals surface area contributed by atoms with Gasteiger partial charge in [-0.15, -0.1) is 0 Å². The van der Waals surface area contributed by atoms with E-state index in [1.165, 1.54) is 16.7 Å². The van der Waals surface area contributed by atoms with Crippen molar-refractivity contribution in [1.82, 2.24) is 4.90 Å². The van der Waals surface area contributed by atoms with Crippen LogP contribution >= 0.6 is 0 Å². The number of ketones is 1. The molecule has 37 heavy (non-hydrogen) atoms. The number of Topliss-reactive ketones (excluding diaryl/α,β-unsaturated/α-hetero) is 1. The lowest BCUT2D eigenvalue weighted by Crippen LogP contribution is -2.49. The molecule has 0 aliphatic carbocycles. The van der Waals surface area contributed by atoms with Crippen molar-refractivity contribution in [2.75, 3.05) is 0 Å². The molecule has 0 amide bonds. The van der Waals surface area contributed by atoms with Crippen LogP contribution in [0.4, 0.5) is 0 Å². The van der Waals surface area contributed by atoms with Crippen LogP contribution in [0.25, 0.3) is 0 Å². The highest BCUT2D eigenvalue weighted by atomic mass is 16.3. The standard InChI is InChI=1S/C34H45NO2/c1-4-5-9-22-33(36)31(23-27(2)3)34(37)32(24-28-16-10-6-11-17-28)35(25-29-18-12-7-13-19-29)26-30-20-14-8-15-21-30/h6-8,10-21,27,31-32,34,37H,4-5,9,22-26H2,1-3H3/t31-,32-,34+/m0/s1. The van der Waals surface area contributed by atoms with Gasteiger partial charge in [0.05, 0.1) is 6.10 Å². The van der Waals surface area contributed by atoms with E-state index in [4.69, 9.17) is 0 Å². The zero-order chi connectivity index (χ0) is 26.5. The Hall–Kier alpha value is -2.75. The second-order valence-electron chi connectivity index (χ2n) is 10.8. The Kier molecular flexibility index (Phi) is 12.1. The zero-order valence-electron chi connectivity index (χ0n) is 22.9. The molecule has 0 fully saturated rings. The van der Waals surface area contributed by atoms with Crippen LogP contribution in [0.2, 0.25) is 0 Å². The third kappa shape index (κ3) is 9.57. The summed E-state index contributed by atoms with van der Waals surface area (Å²) in [6.07, 6.45) is 4.25. The molecule has 3 aromatic rings. The predicted octanol–water partition coefficient (Wildman–Crippen LogP) is 7.47. The van der Waals surface area contributed by atoms with Gasteiger partial charge in [0.15, 0.2) is 0 Å². The van der Waals surface area contributed by atoms with Crippen molar-refractivity contribution in [1.29, 1.82) is 0 Å². The van der Waals surface area contributed by atoms with E-state index in [1.54, 1.807) is 0 Å². The van der Waals surface area contributed by atoms with Crippen LogP contribution in [-0.4, -0.2) is 27.9 Å². The number of aliphatic hydroxyl groups excluding tert-OH is 1. The van der Waals surface area contributed by atoms with Crippen molar-refractivity contribution in [2.45, 2.75) is 84.5 Å². The zero-order valence-corrected chi connectivity index (χ0v) is 22.9. The van der Waals surface area contributed by atoms with Gasteiger partial charge < -0.3 is 5.11 Å². The first-order chi connectivity index (χ1) is 18.0. The second-order valence-corrected chi connectivity index (χ2v) is 10.8. The van der Waals surface area contributed by atoms with Crippen LogP contribution in [0, 0.1) is 11.8 Å². The first kappa shape index (κ1) is 28.8. The molecule has 0 bridgehead atoms. The van der Waals surface area contributed by atoms with Gasteiger partial charge in [-0.2, -0.15) is 0 Å². The lowest BCUT2D eigenvalue weighted by Gasteiger charge is -2.38. The molecule has 3 rings (SSSR count). The van der Waals surface area contributed by atoms with Crippen molar-refractivity contribution in [3.63, 3.8) is 0 Å². The fraction of sp³-hybridized carbons (Fsp3) is 0.441. The molecule has 3 atom stereocenters. The first-order valence-corrected chi connectivity index (χ1v) is 14.0. The SMILES string of the molecule is CCCCCC(=O)[C@H](CC(C)C)[C@@H](O)[C@H](Cc1ccccc1)N(Cc1ccccc1)Cc1ccccc1. The molecule has 0 saturated heterocycles. The monoisotopic (exact) mass is 499 g/mol. The van der Waals surface area contributed by atoms with Crippen LogP contribution in [0.5, 0.6) is 0 Å². The molecule has 198 valence electrons. The maximum atomic E-state index is 13.5. The number of benzene rings is 3. The average Bonchev–Trinajstić information content (AvgIpc) is 2.91. The maximum absolute atomic E-state index is 13.5. The second kappa shape index (κ2) is 15.5. The lowest BCUT2D eigenvalue weighted by molar-refractivity contribution is -0.129. The number of unbranched alkanes of at least 4 members (excludes halogenated alkanes) is 2. The van der Waals surface area contributed by atoms with Crippen LogP contribution < -0.4 is 0 Å². The topological polar surface area (TPSA) is 40.5 Å². The van der Waals surface area contributed by atoms with Crippen molar-refractivity contribution >= 4 is 5.78 Å². The summed E-state index contributed by atoms with van der Waals surface area (Å²) in [7, 11) is 0. The summed E-state index contributed by atoms with van der Waals surface area (Å²) in [5.74, 6) is 0.190. The highest BCUT2D eigenvalue weighted by molar-refractivity contribution is 5.81. The third-order valence-corrected chi connectivity index (χ3v) is 7.19. The summed E-state index contributed by atoms with van der Waals surface area (Å²) >= 11 is 0. The summed E-state index contributed by atoms with van der Waals surface area (Å²) in [6.45, 7) is 7.88. The molecule has 0 aliphatic rings. The number of hydrogen-bond donors (Lipinski definition) is 1. The molecule has 0 unspecified atom stereocenters. The van der Waals surface area contributed by atoms with Gasteiger partial charge in [0, 0.05) is 31.5 Å². The molecule has 0 heterocycles. The molecule has 0 aliphatic heterocycles. The van der Waals surface area contributed by atoms with Gasteiger partial charge in [0.25, 0.3) is 0 Å². The smallest absolute Gasteiger partial charge is 0.138 e. The van der Waals surface area contributed by atoms with Crippen LogP contribution in [0.15, 0.2) is 91.0 Å². The molecule has 0 saturated carbocycles. The summed E-state index contributed by atoms with van der Waals surface area (Å²) in [4.78, 5) is 15.9. The number of hydrogen-bond acceptors (Lipinski definition) is 3. The van der Waals surface area contributed by atoms with E-state index in [1.807, 2.05) is 18.2 Å². The Labute approximate surface area is 224 Å². The number of nitrogens with zero attached hydrogens (tertiary/aromatic N) is 1. The van der Waals surface area contributed by atoms with E-state index in [0.29, 0.717) is 38.3 Å². The molecular formula is C34H45NO2. The number of carbonyl (C=O) groups is 1. The summed E-state index contributed by atoms with van der Waals surface area (Å²) in [5, 5.41) is 12.1. The van der Waals surface area contributed by atoms with E-state index in [0.717, 1.165) is 19.3 Å². The summed E-state index contributed by atoms with van der Waals surface area (Å²) < 4.78 is 0. The summed E-state index contributed by atoms with van der Waals surface area (Å²) in [5.41, 5.74) is 3.59. The first-order valence-electron chi connectivity index (χ1n) is 14.0. The van der Waals surface area contributed by atoms with Gasteiger partial charge >= 0.3 is 0 Å². The molecule has 3 heteroatoms. The highest BCUT2D eigenvalue weighted by Crippen LogP contribution is 2.28. The Bertz CT molecular complexity index is 978. The van der Waals surface area contributed by atoms with E-state index in [-0.39, 0.29) is 17.7 Å². The van der Waals surface area contributed by atoms with Crippen LogP contribution in [0.1, 0.15) is 69.6 Å². The minimum atomic E-state index is -0.746. The van der Waals surface area contributed by atoms with Crippen LogP contribution in [0.3, 0.4) is 0 Å². The van der Waals surface area contributed by atoms with Gasteiger partial charge in [-0.1, -0.05) is 125 Å². The predicted molar refractivity (Wildman–Crippen MR) is 154 cm³/mol. The fourth-order valence-electron chi connectivity index (χ4n) is 5.22. The molecule has 3 aromatic carbocycles. The van der Waals surface area contributed by atoms with Crippen LogP contribution in [-0.2, 0) is 24.3 Å². The molecule has 0 spiro atoms. The number of carbonyl (C=O) groups excluding carboxylic acids is 1. The van der Waals surface area contributed by atoms with E-state index >= 15 is 0 Å². The highest BCUT2D eigenvalue weighted by Gasteiger charge is 2.36. The quantitative estimate of drug-likeness (QED) is 0.208. The largest absolute Gasteiger partial charge is 0.391 e. The molecular weight excluding hydrogens is 454 g/mol. The van der Waals surface area contributed by atoms with Crippen molar-refractivity contribution in [3.05, 3.63) is 108 Å². The minimum Gasteiger partial charge on any atom is -0.391 e. The molecule has 3 nitrogen and oxygen atoms in total. The molecule has 0 aromatic heterocycles. The van der Waals surface area contributed by atoms with Gasteiger partial charge in [-0.3, -0.25) is 9.69 Å². The third-order valence-electron chi connectivity index (χ3n) is 7.19. The van der Waals surface area contributed by atoms with Crippen molar-refractivity contribution in [2.24, 2.45) is 11.8 Å². The molecule has 1 N–H and O–H groups in total. The Morgan fingerprint density at radius 2 is 1.24 bits per heavy atom. The van der Waals surface area contributed by atoms with Crippen molar-refractivity contribution < 1.29 is 9.90 Å². The number of aliphatic hydroxyl groups is 1. The summed E-state index contributed by atoms with van der Waals surface area (Å²) in [6, 6.07) is 31.1. The van der Waals surface area contributed by atoms with Gasteiger partial charge in [-0.05, 0) is 41.9 Å². The van der Waals surface area contributed by atoms with E-state index < -0.39 is 6.10 Å². The van der Waals surface area contributed by atoms with Crippen molar-refractivity contribution in [3.8, 4) is 0 Å². The van der Waals surface area contributed by atoms with Gasteiger partial charge in [0.2, 0.25) is 0 Å². The van der Waals surface area contributed by atoms with E-state index in [2.05, 4.69) is 98.5 Å². The Balaban J connectivity index is 1.98. The molecule has 0 radical (unpaired) electrons. The van der Waals surface area contributed by atoms with Gasteiger partial charge in [0.1, 0.15) is 5.78 Å². The minimum absolute atomic E-state index is 0.193. The normalized spacial score (nSPS) is 14.0. The van der Waals surface area contributed by atoms with Gasteiger partial charge in [-0.25, -0.2) is 0 Å². The Morgan fingerprint density at radius 1 is 0.757 bits per heavy atom. The lowest BCUT2D eigenvalue weighted by atomic mass is 9.81. The maximum Gasteiger partial charge on any atom is 0.138 e. The van der Waals surface area contributed by atoms with E-state index in [9.17, 15) is 9.90 Å². The number of rotatable bonds is 16. The Morgan fingerprint density at radius 3 is 1.70 bits per heavy atom. The fourth-order valence-corrected chi connectivity index (χ4v) is 5.22. The average molecular weight is 500 g/mol.